The first kappa shape index (κ1) is 16.2. The lowest BCUT2D eigenvalue weighted by molar-refractivity contribution is -0.919. The van der Waals surface area contributed by atoms with Gasteiger partial charge in [0.15, 0.2) is 0 Å². The Kier molecular flexibility index (Phi) is 4.24. The topological polar surface area (TPSA) is 49.7 Å². The first-order chi connectivity index (χ1) is 12.2. The van der Waals surface area contributed by atoms with Gasteiger partial charge < -0.3 is 19.7 Å². The summed E-state index contributed by atoms with van der Waals surface area (Å²) in [4.78, 5) is 4.82. The molecule has 0 radical (unpaired) electrons. The number of quaternary nitrogens is 1. The molecule has 0 bridgehead atoms. The van der Waals surface area contributed by atoms with Gasteiger partial charge in [0.1, 0.15) is 24.9 Å². The van der Waals surface area contributed by atoms with Crippen LogP contribution in [0.4, 0.5) is 0 Å². The summed E-state index contributed by atoms with van der Waals surface area (Å²) >= 11 is 0. The van der Waals surface area contributed by atoms with E-state index in [9.17, 15) is 5.11 Å². The van der Waals surface area contributed by atoms with E-state index in [0.717, 1.165) is 54.0 Å². The number of aliphatic hydroxyl groups is 1. The van der Waals surface area contributed by atoms with Crippen molar-refractivity contribution in [1.29, 1.82) is 0 Å². The van der Waals surface area contributed by atoms with Gasteiger partial charge in [0.05, 0.1) is 13.7 Å². The summed E-state index contributed by atoms with van der Waals surface area (Å²) in [6.45, 7) is 4.81. The maximum absolute atomic E-state index is 11.0. The lowest BCUT2D eigenvalue weighted by atomic mass is 9.98. The molecule has 25 heavy (non-hydrogen) atoms. The van der Waals surface area contributed by atoms with E-state index in [1.807, 2.05) is 25.1 Å². The van der Waals surface area contributed by atoms with Gasteiger partial charge in [-0.2, -0.15) is 0 Å². The Morgan fingerprint density at radius 1 is 1.20 bits per heavy atom. The lowest BCUT2D eigenvalue weighted by Crippen LogP contribution is -3.12. The van der Waals surface area contributed by atoms with Gasteiger partial charge in [0, 0.05) is 34.1 Å². The highest BCUT2D eigenvalue weighted by molar-refractivity contribution is 5.86. The monoisotopic (exact) mass is 337 g/mol. The zero-order valence-electron chi connectivity index (χ0n) is 14.8. The number of hydrogen-bond donors (Lipinski definition) is 3. The third-order valence-corrected chi connectivity index (χ3v) is 5.37. The molecule has 130 valence electrons. The molecule has 2 atom stereocenters. The van der Waals surface area contributed by atoms with Crippen LogP contribution < -0.4 is 9.64 Å². The minimum Gasteiger partial charge on any atom is -0.497 e. The van der Waals surface area contributed by atoms with E-state index in [4.69, 9.17) is 4.74 Å². The number of H-pyrrole nitrogens is 1. The first-order valence-electron chi connectivity index (χ1n) is 8.90. The molecule has 0 saturated carbocycles. The number of rotatable bonds is 4. The third kappa shape index (κ3) is 3.03. The molecule has 4 rings (SSSR count). The van der Waals surface area contributed by atoms with Crippen LogP contribution in [0.25, 0.3) is 10.9 Å². The van der Waals surface area contributed by atoms with Crippen LogP contribution in [0.1, 0.15) is 28.5 Å². The SMILES string of the molecule is COc1ccc2[nH]c(C)c([C@@H](O)C[NH+]3CCc4ccccc4C3)c2c1. The predicted molar refractivity (Wildman–Crippen MR) is 99.1 cm³/mol. The van der Waals surface area contributed by atoms with Crippen molar-refractivity contribution in [3.63, 3.8) is 0 Å². The largest absolute Gasteiger partial charge is 0.497 e. The van der Waals surface area contributed by atoms with Gasteiger partial charge >= 0.3 is 0 Å². The molecule has 1 aromatic heterocycles. The highest BCUT2D eigenvalue weighted by atomic mass is 16.5. The Hall–Kier alpha value is -2.30. The summed E-state index contributed by atoms with van der Waals surface area (Å²) < 4.78 is 5.35. The molecule has 4 heteroatoms. The van der Waals surface area contributed by atoms with Crippen LogP contribution in [-0.4, -0.2) is 30.3 Å². The molecule has 0 saturated heterocycles. The highest BCUT2D eigenvalue weighted by Crippen LogP contribution is 2.30. The van der Waals surface area contributed by atoms with E-state index in [0.29, 0.717) is 0 Å². The molecule has 1 aliphatic rings. The van der Waals surface area contributed by atoms with Gasteiger partial charge in [-0.15, -0.1) is 0 Å². The molecule has 1 aliphatic heterocycles. The predicted octanol–water partition coefficient (Wildman–Crippen LogP) is 2.16. The number of hydrogen-bond acceptors (Lipinski definition) is 2. The van der Waals surface area contributed by atoms with Crippen LogP contribution in [-0.2, 0) is 13.0 Å². The summed E-state index contributed by atoms with van der Waals surface area (Å²) in [5.74, 6) is 0.819. The number of nitrogens with one attached hydrogen (secondary N) is 2. The average molecular weight is 337 g/mol. The zero-order valence-corrected chi connectivity index (χ0v) is 14.8. The quantitative estimate of drug-likeness (QED) is 0.683. The minimum absolute atomic E-state index is 0.485. The molecule has 0 amide bonds. The molecule has 2 heterocycles. The summed E-state index contributed by atoms with van der Waals surface area (Å²) in [5, 5.41) is 12.0. The second-order valence-corrected chi connectivity index (χ2v) is 6.99. The molecule has 2 aromatic carbocycles. The second-order valence-electron chi connectivity index (χ2n) is 6.99. The maximum atomic E-state index is 11.0. The van der Waals surface area contributed by atoms with Gasteiger partial charge in [-0.3, -0.25) is 0 Å². The fourth-order valence-corrected chi connectivity index (χ4v) is 4.08. The van der Waals surface area contributed by atoms with Crippen molar-refractivity contribution in [2.45, 2.75) is 26.0 Å². The molecule has 0 fully saturated rings. The van der Waals surface area contributed by atoms with E-state index < -0.39 is 6.10 Å². The Labute approximate surface area is 148 Å². The van der Waals surface area contributed by atoms with E-state index >= 15 is 0 Å². The van der Waals surface area contributed by atoms with Crippen molar-refractivity contribution in [2.24, 2.45) is 0 Å². The smallest absolute Gasteiger partial charge is 0.130 e. The van der Waals surface area contributed by atoms with Crippen LogP contribution in [0.15, 0.2) is 42.5 Å². The summed E-state index contributed by atoms with van der Waals surface area (Å²) in [6, 6.07) is 14.6. The van der Waals surface area contributed by atoms with Crippen LogP contribution in [0.2, 0.25) is 0 Å². The number of fused-ring (bicyclic) bond motifs is 2. The van der Waals surface area contributed by atoms with Crippen LogP contribution in [0.5, 0.6) is 5.75 Å². The van der Waals surface area contributed by atoms with Gasteiger partial charge in [0.2, 0.25) is 0 Å². The zero-order chi connectivity index (χ0) is 17.4. The Balaban J connectivity index is 1.58. The Morgan fingerprint density at radius 3 is 2.80 bits per heavy atom. The van der Waals surface area contributed by atoms with Gasteiger partial charge in [-0.05, 0) is 30.7 Å². The summed E-state index contributed by atoms with van der Waals surface area (Å²) in [5.41, 5.74) is 5.95. The Morgan fingerprint density at radius 2 is 2.00 bits per heavy atom. The van der Waals surface area contributed by atoms with Gasteiger partial charge in [0.25, 0.3) is 0 Å². The average Bonchev–Trinajstić information content (AvgIpc) is 2.96. The van der Waals surface area contributed by atoms with Crippen molar-refractivity contribution in [3.05, 3.63) is 64.8 Å². The molecular formula is C21H25N2O2+. The molecule has 1 unspecified atom stereocenters. The van der Waals surface area contributed by atoms with Crippen LogP contribution in [0.3, 0.4) is 0 Å². The summed E-state index contributed by atoms with van der Waals surface area (Å²) in [7, 11) is 1.67. The number of benzene rings is 2. The third-order valence-electron chi connectivity index (χ3n) is 5.37. The van der Waals surface area contributed by atoms with Crippen molar-refractivity contribution in [1.82, 2.24) is 4.98 Å². The second kappa shape index (κ2) is 6.54. The number of ether oxygens (including phenoxy) is 1. The Bertz CT molecular complexity index is 900. The molecule has 0 spiro atoms. The number of aromatic nitrogens is 1. The molecule has 3 N–H and O–H groups in total. The van der Waals surface area contributed by atoms with Gasteiger partial charge in [-0.25, -0.2) is 0 Å². The number of aryl methyl sites for hydroxylation is 1. The first-order valence-corrected chi connectivity index (χ1v) is 8.90. The van der Waals surface area contributed by atoms with Crippen molar-refractivity contribution in [3.8, 4) is 5.75 Å². The minimum atomic E-state index is -0.485. The number of aliphatic hydroxyl groups excluding tert-OH is 1. The molecule has 4 nitrogen and oxygen atoms in total. The van der Waals surface area contributed by atoms with E-state index in [2.05, 4.69) is 29.2 Å². The number of aromatic amines is 1. The highest BCUT2D eigenvalue weighted by Gasteiger charge is 2.25. The molecule has 0 aliphatic carbocycles. The fourth-order valence-electron chi connectivity index (χ4n) is 4.08. The maximum Gasteiger partial charge on any atom is 0.130 e. The standard InChI is InChI=1S/C21H24N2O2/c1-14-21(18-11-17(25-2)7-8-19(18)22-14)20(24)13-23-10-9-15-5-3-4-6-16(15)12-23/h3-8,11,20,22,24H,9-10,12-13H2,1-2H3/p+1/t20-/m0/s1. The molecular weight excluding hydrogens is 312 g/mol. The van der Waals surface area contributed by atoms with Crippen molar-refractivity contribution >= 4 is 10.9 Å². The summed E-state index contributed by atoms with van der Waals surface area (Å²) in [6.07, 6.45) is 0.597. The van der Waals surface area contributed by atoms with Crippen LogP contribution >= 0.6 is 0 Å². The van der Waals surface area contributed by atoms with E-state index in [1.165, 1.54) is 16.0 Å². The van der Waals surface area contributed by atoms with E-state index in [-0.39, 0.29) is 0 Å². The number of methoxy groups -OCH3 is 1. The van der Waals surface area contributed by atoms with Crippen molar-refractivity contribution in [2.75, 3.05) is 20.2 Å². The van der Waals surface area contributed by atoms with Crippen LogP contribution in [0, 0.1) is 6.92 Å². The fraction of sp³-hybridized carbons (Fsp3) is 0.333. The van der Waals surface area contributed by atoms with Crippen molar-refractivity contribution < 1.29 is 14.7 Å². The molecule has 3 aromatic rings. The van der Waals surface area contributed by atoms with Gasteiger partial charge in [-0.1, -0.05) is 24.3 Å². The normalized spacial score (nSPS) is 18.1. The van der Waals surface area contributed by atoms with E-state index in [1.54, 1.807) is 7.11 Å². The lowest BCUT2D eigenvalue weighted by Gasteiger charge is -2.27.